The Labute approximate surface area is 138 Å². The third kappa shape index (κ3) is 3.26. The average Bonchev–Trinajstić information content (AvgIpc) is 2.85. The molecule has 0 saturated heterocycles. The number of hydrogen-bond acceptors (Lipinski definition) is 5. The number of nitrogens with zero attached hydrogens (tertiary/aromatic N) is 3. The Balaban J connectivity index is 1.87. The van der Waals surface area contributed by atoms with Crippen LogP contribution >= 0.6 is 15.9 Å². The SMILES string of the molecule is COCCNc1ncc2c(Br)cn(C3CCC(O)CC3)c2n1. The van der Waals surface area contributed by atoms with E-state index >= 15 is 0 Å². The summed E-state index contributed by atoms with van der Waals surface area (Å²) in [6, 6.07) is 0.388. The second kappa shape index (κ2) is 6.93. The summed E-state index contributed by atoms with van der Waals surface area (Å²) in [6.45, 7) is 1.30. The number of nitrogens with one attached hydrogen (secondary N) is 1. The molecule has 0 spiro atoms. The fraction of sp³-hybridized carbons (Fsp3) is 0.600. The van der Waals surface area contributed by atoms with Crippen LogP contribution in [0.4, 0.5) is 5.95 Å². The standard InChI is InChI=1S/C15H21BrN4O2/c1-22-7-6-17-15-18-8-12-13(16)9-20(14(12)19-15)10-2-4-11(21)5-3-10/h8-11,21H,2-7H2,1H3,(H,17,18,19). The van der Waals surface area contributed by atoms with Gasteiger partial charge >= 0.3 is 0 Å². The second-order valence-corrected chi connectivity index (χ2v) is 6.55. The molecule has 1 aliphatic rings. The first-order valence-electron chi connectivity index (χ1n) is 7.63. The van der Waals surface area contributed by atoms with E-state index in [1.165, 1.54) is 0 Å². The van der Waals surface area contributed by atoms with Crippen molar-refractivity contribution in [3.05, 3.63) is 16.9 Å². The van der Waals surface area contributed by atoms with Gasteiger partial charge in [-0.05, 0) is 41.6 Å². The van der Waals surface area contributed by atoms with Crippen LogP contribution in [0.15, 0.2) is 16.9 Å². The fourth-order valence-electron chi connectivity index (χ4n) is 2.96. The smallest absolute Gasteiger partial charge is 0.224 e. The molecule has 3 rings (SSSR count). The first kappa shape index (κ1) is 15.7. The van der Waals surface area contributed by atoms with E-state index < -0.39 is 0 Å². The Morgan fingerprint density at radius 1 is 1.41 bits per heavy atom. The largest absolute Gasteiger partial charge is 0.393 e. The Morgan fingerprint density at radius 3 is 2.91 bits per heavy atom. The highest BCUT2D eigenvalue weighted by Gasteiger charge is 2.23. The van der Waals surface area contributed by atoms with Crippen molar-refractivity contribution in [1.82, 2.24) is 14.5 Å². The van der Waals surface area contributed by atoms with Gasteiger partial charge < -0.3 is 19.7 Å². The quantitative estimate of drug-likeness (QED) is 0.793. The summed E-state index contributed by atoms with van der Waals surface area (Å²) >= 11 is 3.59. The van der Waals surface area contributed by atoms with E-state index in [2.05, 4.69) is 42.0 Å². The molecule has 22 heavy (non-hydrogen) atoms. The van der Waals surface area contributed by atoms with Gasteiger partial charge in [0.2, 0.25) is 5.95 Å². The fourth-order valence-corrected chi connectivity index (χ4v) is 3.46. The molecule has 0 radical (unpaired) electrons. The summed E-state index contributed by atoms with van der Waals surface area (Å²) in [5.41, 5.74) is 0.934. The molecule has 2 N–H and O–H groups in total. The second-order valence-electron chi connectivity index (χ2n) is 5.70. The van der Waals surface area contributed by atoms with Crippen molar-refractivity contribution in [3.63, 3.8) is 0 Å². The third-order valence-electron chi connectivity index (χ3n) is 4.17. The van der Waals surface area contributed by atoms with Gasteiger partial charge in [0, 0.05) is 36.6 Å². The Hall–Kier alpha value is -1.18. The minimum absolute atomic E-state index is 0.151. The van der Waals surface area contributed by atoms with Crippen LogP contribution in [0, 0.1) is 0 Å². The molecule has 6 nitrogen and oxygen atoms in total. The van der Waals surface area contributed by atoms with Crippen LogP contribution in [0.25, 0.3) is 11.0 Å². The first-order valence-corrected chi connectivity index (χ1v) is 8.42. The lowest BCUT2D eigenvalue weighted by molar-refractivity contribution is 0.111. The maximum atomic E-state index is 9.69. The van der Waals surface area contributed by atoms with Gasteiger partial charge in [-0.2, -0.15) is 4.98 Å². The number of methoxy groups -OCH3 is 1. The van der Waals surface area contributed by atoms with E-state index in [1.54, 1.807) is 7.11 Å². The summed E-state index contributed by atoms with van der Waals surface area (Å²) in [6.07, 6.45) is 7.44. The molecule has 0 bridgehead atoms. The van der Waals surface area contributed by atoms with Gasteiger partial charge in [0.05, 0.1) is 18.1 Å². The maximum Gasteiger partial charge on any atom is 0.224 e. The molecule has 0 aliphatic heterocycles. The maximum absolute atomic E-state index is 9.69. The summed E-state index contributed by atoms with van der Waals surface area (Å²) in [7, 11) is 1.67. The van der Waals surface area contributed by atoms with Crippen molar-refractivity contribution >= 4 is 32.9 Å². The predicted molar refractivity (Wildman–Crippen MR) is 89.1 cm³/mol. The van der Waals surface area contributed by atoms with Gasteiger partial charge in [-0.3, -0.25) is 0 Å². The topological polar surface area (TPSA) is 72.2 Å². The number of ether oxygens (including phenoxy) is 1. The first-order chi connectivity index (χ1) is 10.7. The highest BCUT2D eigenvalue weighted by Crippen LogP contribution is 2.34. The molecule has 120 valence electrons. The van der Waals surface area contributed by atoms with Crippen molar-refractivity contribution in [2.24, 2.45) is 0 Å². The van der Waals surface area contributed by atoms with Crippen LogP contribution in [0.3, 0.4) is 0 Å². The lowest BCUT2D eigenvalue weighted by Crippen LogP contribution is -2.21. The van der Waals surface area contributed by atoms with E-state index in [4.69, 9.17) is 4.74 Å². The van der Waals surface area contributed by atoms with Gasteiger partial charge in [-0.25, -0.2) is 4.98 Å². The molecular weight excluding hydrogens is 348 g/mol. The molecule has 2 heterocycles. The molecule has 1 fully saturated rings. The minimum atomic E-state index is -0.151. The van der Waals surface area contributed by atoms with E-state index in [9.17, 15) is 5.11 Å². The highest BCUT2D eigenvalue weighted by molar-refractivity contribution is 9.10. The molecule has 0 amide bonds. The zero-order valence-electron chi connectivity index (χ0n) is 12.6. The zero-order valence-corrected chi connectivity index (χ0v) is 14.2. The van der Waals surface area contributed by atoms with Crippen LogP contribution in [0.2, 0.25) is 0 Å². The van der Waals surface area contributed by atoms with E-state index in [1.807, 2.05) is 6.20 Å². The normalized spacial score (nSPS) is 22.1. The van der Waals surface area contributed by atoms with Crippen LogP contribution in [-0.2, 0) is 4.74 Å². The zero-order chi connectivity index (χ0) is 15.5. The summed E-state index contributed by atoms with van der Waals surface area (Å²) in [4.78, 5) is 9.00. The van der Waals surface area contributed by atoms with E-state index in [0.29, 0.717) is 25.1 Å². The molecule has 7 heteroatoms. The van der Waals surface area contributed by atoms with Crippen LogP contribution < -0.4 is 5.32 Å². The number of hydrogen-bond donors (Lipinski definition) is 2. The van der Waals surface area contributed by atoms with Crippen molar-refractivity contribution in [3.8, 4) is 0 Å². The van der Waals surface area contributed by atoms with Crippen molar-refractivity contribution in [2.75, 3.05) is 25.6 Å². The van der Waals surface area contributed by atoms with Gasteiger partial charge in [0.1, 0.15) is 5.65 Å². The molecule has 1 aliphatic carbocycles. The monoisotopic (exact) mass is 368 g/mol. The number of halogens is 1. The number of anilines is 1. The van der Waals surface area contributed by atoms with Gasteiger partial charge in [-0.1, -0.05) is 0 Å². The van der Waals surface area contributed by atoms with Crippen LogP contribution in [0.1, 0.15) is 31.7 Å². The van der Waals surface area contributed by atoms with Gasteiger partial charge in [0.15, 0.2) is 0 Å². The Kier molecular flexibility index (Phi) is 4.95. The molecule has 1 saturated carbocycles. The van der Waals surface area contributed by atoms with E-state index in [0.717, 1.165) is 41.2 Å². The highest BCUT2D eigenvalue weighted by atomic mass is 79.9. The van der Waals surface area contributed by atoms with Crippen molar-refractivity contribution in [1.29, 1.82) is 0 Å². The molecule has 0 unspecified atom stereocenters. The Bertz CT molecular complexity index is 638. The van der Waals surface area contributed by atoms with Crippen molar-refractivity contribution in [2.45, 2.75) is 37.8 Å². The molecule has 0 aromatic carbocycles. The average molecular weight is 369 g/mol. The lowest BCUT2D eigenvalue weighted by atomic mass is 9.93. The number of aliphatic hydroxyl groups excluding tert-OH is 1. The molecular formula is C15H21BrN4O2. The number of fused-ring (bicyclic) bond motifs is 1. The molecule has 0 atom stereocenters. The summed E-state index contributed by atoms with van der Waals surface area (Å²) in [5, 5.41) is 13.9. The summed E-state index contributed by atoms with van der Waals surface area (Å²) in [5.74, 6) is 0.618. The summed E-state index contributed by atoms with van der Waals surface area (Å²) < 4.78 is 8.26. The molecule has 2 aromatic heterocycles. The minimum Gasteiger partial charge on any atom is -0.393 e. The lowest BCUT2D eigenvalue weighted by Gasteiger charge is -2.27. The van der Waals surface area contributed by atoms with Crippen LogP contribution in [0.5, 0.6) is 0 Å². The number of aromatic nitrogens is 3. The van der Waals surface area contributed by atoms with Crippen LogP contribution in [-0.4, -0.2) is 46.0 Å². The van der Waals surface area contributed by atoms with Crippen molar-refractivity contribution < 1.29 is 9.84 Å². The molecule has 2 aromatic rings. The van der Waals surface area contributed by atoms with Gasteiger partial charge in [-0.15, -0.1) is 0 Å². The van der Waals surface area contributed by atoms with Gasteiger partial charge in [0.25, 0.3) is 0 Å². The van der Waals surface area contributed by atoms with E-state index in [-0.39, 0.29) is 6.10 Å². The Morgan fingerprint density at radius 2 is 2.18 bits per heavy atom. The number of rotatable bonds is 5. The predicted octanol–water partition coefficient (Wildman–Crippen LogP) is 2.73. The third-order valence-corrected chi connectivity index (χ3v) is 4.80. The number of aliphatic hydroxyl groups is 1.